The van der Waals surface area contributed by atoms with Crippen LogP contribution in [0.3, 0.4) is 0 Å². The van der Waals surface area contributed by atoms with Gasteiger partial charge in [-0.1, -0.05) is 12.1 Å². The molecular weight excluding hydrogens is 246 g/mol. The number of carbonyl (C=O) groups is 2. The zero-order chi connectivity index (χ0) is 14.4. The summed E-state index contributed by atoms with van der Waals surface area (Å²) in [6.07, 6.45) is -0.156. The number of anilines is 1. The fourth-order valence-corrected chi connectivity index (χ4v) is 1.67. The molecule has 104 valence electrons. The highest BCUT2D eigenvalue weighted by Gasteiger charge is 2.17. The summed E-state index contributed by atoms with van der Waals surface area (Å²) < 4.78 is 9.79. The van der Waals surface area contributed by atoms with E-state index in [1.165, 1.54) is 7.11 Å². The molecule has 0 atom stereocenters. The number of methoxy groups -OCH3 is 1. The van der Waals surface area contributed by atoms with Crippen molar-refractivity contribution in [2.24, 2.45) is 0 Å². The van der Waals surface area contributed by atoms with Crippen LogP contribution < -0.4 is 4.90 Å². The standard InChI is InChI=1S/C14H19NO4/c1-10(2)19-13(16)9-15(3)12-8-6-5-7-11(12)14(17)18-4/h5-8,10H,9H2,1-4H3. The Morgan fingerprint density at radius 3 is 2.47 bits per heavy atom. The number of nitrogens with zero attached hydrogens (tertiary/aromatic N) is 1. The van der Waals surface area contributed by atoms with E-state index in [9.17, 15) is 9.59 Å². The topological polar surface area (TPSA) is 55.8 Å². The maximum Gasteiger partial charge on any atom is 0.339 e. The minimum absolute atomic E-state index is 0.0756. The Kier molecular flexibility index (Phi) is 5.36. The molecule has 0 radical (unpaired) electrons. The third-order valence-electron chi connectivity index (χ3n) is 2.45. The molecule has 0 heterocycles. The number of carbonyl (C=O) groups excluding carboxylic acids is 2. The van der Waals surface area contributed by atoms with Gasteiger partial charge in [0.25, 0.3) is 0 Å². The molecule has 0 aliphatic carbocycles. The Morgan fingerprint density at radius 2 is 1.89 bits per heavy atom. The van der Waals surface area contributed by atoms with Gasteiger partial charge in [0.1, 0.15) is 6.54 Å². The molecule has 19 heavy (non-hydrogen) atoms. The largest absolute Gasteiger partial charge is 0.465 e. The van der Waals surface area contributed by atoms with Gasteiger partial charge in [0, 0.05) is 7.05 Å². The van der Waals surface area contributed by atoms with Gasteiger partial charge in [-0.05, 0) is 26.0 Å². The molecule has 0 aromatic heterocycles. The number of hydrogen-bond donors (Lipinski definition) is 0. The molecule has 0 fully saturated rings. The molecular formula is C14H19NO4. The highest BCUT2D eigenvalue weighted by molar-refractivity contribution is 5.96. The first-order valence-electron chi connectivity index (χ1n) is 6.03. The molecule has 1 aromatic carbocycles. The van der Waals surface area contributed by atoms with Crippen molar-refractivity contribution in [1.82, 2.24) is 0 Å². The molecule has 0 unspecified atom stereocenters. The second kappa shape index (κ2) is 6.78. The first-order valence-corrected chi connectivity index (χ1v) is 6.03. The lowest BCUT2D eigenvalue weighted by atomic mass is 10.1. The lowest BCUT2D eigenvalue weighted by molar-refractivity contribution is -0.145. The van der Waals surface area contributed by atoms with Gasteiger partial charge in [-0.25, -0.2) is 4.79 Å². The van der Waals surface area contributed by atoms with Crippen LogP contribution in [0.5, 0.6) is 0 Å². The summed E-state index contributed by atoms with van der Waals surface area (Å²) in [5.41, 5.74) is 1.06. The van der Waals surface area contributed by atoms with Crippen molar-refractivity contribution in [3.63, 3.8) is 0 Å². The molecule has 0 bridgehead atoms. The van der Waals surface area contributed by atoms with E-state index in [0.717, 1.165) is 0 Å². The van der Waals surface area contributed by atoms with Crippen LogP contribution >= 0.6 is 0 Å². The van der Waals surface area contributed by atoms with Crippen LogP contribution in [0.25, 0.3) is 0 Å². The van der Waals surface area contributed by atoms with E-state index < -0.39 is 5.97 Å². The summed E-state index contributed by atoms with van der Waals surface area (Å²) in [5, 5.41) is 0. The van der Waals surface area contributed by atoms with E-state index in [4.69, 9.17) is 9.47 Å². The van der Waals surface area contributed by atoms with Crippen molar-refractivity contribution in [2.45, 2.75) is 20.0 Å². The predicted molar refractivity (Wildman–Crippen MR) is 72.3 cm³/mol. The number of ether oxygens (including phenoxy) is 2. The third-order valence-corrected chi connectivity index (χ3v) is 2.45. The second-order valence-corrected chi connectivity index (χ2v) is 4.40. The van der Waals surface area contributed by atoms with Crippen molar-refractivity contribution in [3.05, 3.63) is 29.8 Å². The first kappa shape index (κ1) is 15.0. The van der Waals surface area contributed by atoms with Gasteiger partial charge in [-0.3, -0.25) is 4.79 Å². The minimum Gasteiger partial charge on any atom is -0.465 e. The molecule has 0 N–H and O–H groups in total. The van der Waals surface area contributed by atoms with Crippen LogP contribution in [0.4, 0.5) is 5.69 Å². The van der Waals surface area contributed by atoms with Crippen molar-refractivity contribution in [1.29, 1.82) is 0 Å². The zero-order valence-corrected chi connectivity index (χ0v) is 11.7. The summed E-state index contributed by atoms with van der Waals surface area (Å²) in [7, 11) is 3.05. The molecule has 0 aliphatic heterocycles. The van der Waals surface area contributed by atoms with Gasteiger partial charge in [-0.2, -0.15) is 0 Å². The lowest BCUT2D eigenvalue weighted by Crippen LogP contribution is -2.29. The summed E-state index contributed by atoms with van der Waals surface area (Å²) in [5.74, 6) is -0.767. The maximum absolute atomic E-state index is 11.6. The number of rotatable bonds is 5. The van der Waals surface area contributed by atoms with Crippen LogP contribution in [0.15, 0.2) is 24.3 Å². The SMILES string of the molecule is COC(=O)c1ccccc1N(C)CC(=O)OC(C)C. The molecule has 0 aliphatic rings. The van der Waals surface area contributed by atoms with E-state index >= 15 is 0 Å². The van der Waals surface area contributed by atoms with Crippen molar-refractivity contribution >= 4 is 17.6 Å². The highest BCUT2D eigenvalue weighted by Crippen LogP contribution is 2.19. The summed E-state index contributed by atoms with van der Waals surface area (Å²) in [4.78, 5) is 24.9. The molecule has 0 spiro atoms. The number of benzene rings is 1. The van der Waals surface area contributed by atoms with Gasteiger partial charge in [-0.15, -0.1) is 0 Å². The molecule has 0 saturated carbocycles. The number of likely N-dealkylation sites (N-methyl/N-ethyl adjacent to an activating group) is 1. The second-order valence-electron chi connectivity index (χ2n) is 4.40. The average Bonchev–Trinajstić information content (AvgIpc) is 2.36. The minimum atomic E-state index is -0.431. The summed E-state index contributed by atoms with van der Waals surface area (Å²) in [6.45, 7) is 3.66. The van der Waals surface area contributed by atoms with Crippen LogP contribution in [-0.4, -0.2) is 38.7 Å². The Balaban J connectivity index is 2.85. The fraction of sp³-hybridized carbons (Fsp3) is 0.429. The maximum atomic E-state index is 11.6. The van der Waals surface area contributed by atoms with Crippen LogP contribution in [-0.2, 0) is 14.3 Å². The van der Waals surface area contributed by atoms with Gasteiger partial charge in [0.05, 0.1) is 24.5 Å². The highest BCUT2D eigenvalue weighted by atomic mass is 16.5. The quantitative estimate of drug-likeness (QED) is 0.761. The lowest BCUT2D eigenvalue weighted by Gasteiger charge is -2.21. The van der Waals surface area contributed by atoms with E-state index in [2.05, 4.69) is 0 Å². The number of para-hydroxylation sites is 1. The Morgan fingerprint density at radius 1 is 1.26 bits per heavy atom. The Hall–Kier alpha value is -2.04. The molecule has 5 heteroatoms. The molecule has 0 saturated heterocycles. The van der Waals surface area contributed by atoms with Gasteiger partial charge in [0.2, 0.25) is 0 Å². The zero-order valence-electron chi connectivity index (χ0n) is 11.7. The smallest absolute Gasteiger partial charge is 0.339 e. The normalized spacial score (nSPS) is 10.2. The first-order chi connectivity index (χ1) is 8.95. The summed E-state index contributed by atoms with van der Waals surface area (Å²) in [6, 6.07) is 6.96. The van der Waals surface area contributed by atoms with E-state index in [1.807, 2.05) is 0 Å². The van der Waals surface area contributed by atoms with E-state index in [0.29, 0.717) is 11.3 Å². The Labute approximate surface area is 113 Å². The van der Waals surface area contributed by atoms with Gasteiger partial charge in [0.15, 0.2) is 0 Å². The summed E-state index contributed by atoms with van der Waals surface area (Å²) >= 11 is 0. The Bertz CT molecular complexity index is 457. The third kappa shape index (κ3) is 4.28. The van der Waals surface area contributed by atoms with Gasteiger partial charge >= 0.3 is 11.9 Å². The van der Waals surface area contributed by atoms with Crippen LogP contribution in [0.1, 0.15) is 24.2 Å². The molecule has 0 amide bonds. The van der Waals surface area contributed by atoms with Crippen molar-refractivity contribution in [3.8, 4) is 0 Å². The fourth-order valence-electron chi connectivity index (χ4n) is 1.67. The average molecular weight is 265 g/mol. The molecule has 1 aromatic rings. The molecule has 1 rings (SSSR count). The van der Waals surface area contributed by atoms with Crippen LogP contribution in [0.2, 0.25) is 0 Å². The number of esters is 2. The van der Waals surface area contributed by atoms with Crippen LogP contribution in [0, 0.1) is 0 Å². The van der Waals surface area contributed by atoms with Crippen molar-refractivity contribution in [2.75, 3.05) is 25.6 Å². The van der Waals surface area contributed by atoms with E-state index in [1.54, 1.807) is 50.1 Å². The monoisotopic (exact) mass is 265 g/mol. The number of hydrogen-bond acceptors (Lipinski definition) is 5. The molecule has 5 nitrogen and oxygen atoms in total. The van der Waals surface area contributed by atoms with Gasteiger partial charge < -0.3 is 14.4 Å². The predicted octanol–water partition coefficient (Wildman–Crippen LogP) is 1.86. The van der Waals surface area contributed by atoms with Crippen molar-refractivity contribution < 1.29 is 19.1 Å². The van der Waals surface area contributed by atoms with E-state index in [-0.39, 0.29) is 18.6 Å².